The van der Waals surface area contributed by atoms with Crippen molar-refractivity contribution >= 4 is 0 Å². The molecule has 0 aromatic rings. The third-order valence-electron chi connectivity index (χ3n) is 5.80. The van der Waals surface area contributed by atoms with Gasteiger partial charge < -0.3 is 5.11 Å². The van der Waals surface area contributed by atoms with Crippen LogP contribution in [0.2, 0.25) is 0 Å². The molecule has 0 heterocycles. The largest absolute Gasteiger partial charge is 0.388 e. The van der Waals surface area contributed by atoms with Gasteiger partial charge in [0.15, 0.2) is 0 Å². The van der Waals surface area contributed by atoms with Crippen molar-refractivity contribution in [2.75, 3.05) is 0 Å². The molecule has 16 heavy (non-hydrogen) atoms. The van der Waals surface area contributed by atoms with Crippen molar-refractivity contribution in [2.24, 2.45) is 22.7 Å². The van der Waals surface area contributed by atoms with E-state index in [1.807, 2.05) is 0 Å². The summed E-state index contributed by atoms with van der Waals surface area (Å²) in [7, 11) is 0. The monoisotopic (exact) mass is 220 g/mol. The van der Waals surface area contributed by atoms with E-state index >= 15 is 0 Å². The van der Waals surface area contributed by atoms with E-state index in [2.05, 4.69) is 27.7 Å². The van der Waals surface area contributed by atoms with E-state index in [0.717, 1.165) is 5.92 Å². The van der Waals surface area contributed by atoms with E-state index in [4.69, 9.17) is 0 Å². The zero-order valence-corrected chi connectivity index (χ0v) is 11.0. The molecule has 0 bridgehead atoms. The minimum atomic E-state index is -0.143. The fraction of sp³-hybridized carbons (Fsp3) is 0.867. The summed E-state index contributed by atoms with van der Waals surface area (Å²) in [4.78, 5) is 0. The molecule has 0 radical (unpaired) electrons. The highest BCUT2D eigenvalue weighted by Gasteiger charge is 2.58. The van der Waals surface area contributed by atoms with Gasteiger partial charge in [-0.3, -0.25) is 0 Å². The van der Waals surface area contributed by atoms with Crippen molar-refractivity contribution in [3.8, 4) is 0 Å². The van der Waals surface area contributed by atoms with Crippen LogP contribution in [-0.4, -0.2) is 11.2 Å². The molecule has 3 aliphatic carbocycles. The summed E-state index contributed by atoms with van der Waals surface area (Å²) in [6.45, 7) is 9.35. The van der Waals surface area contributed by atoms with Gasteiger partial charge in [-0.05, 0) is 60.8 Å². The maximum Gasteiger partial charge on any atom is 0.0781 e. The van der Waals surface area contributed by atoms with Crippen molar-refractivity contribution < 1.29 is 5.11 Å². The van der Waals surface area contributed by atoms with Gasteiger partial charge in [-0.2, -0.15) is 0 Å². The van der Waals surface area contributed by atoms with E-state index in [0.29, 0.717) is 16.7 Å². The number of allylic oxidation sites excluding steroid dienone is 1. The number of hydrogen-bond donors (Lipinski definition) is 1. The van der Waals surface area contributed by atoms with Crippen LogP contribution in [0.3, 0.4) is 0 Å². The van der Waals surface area contributed by atoms with Crippen LogP contribution >= 0.6 is 0 Å². The van der Waals surface area contributed by atoms with Crippen molar-refractivity contribution in [3.05, 3.63) is 11.1 Å². The number of aliphatic hydroxyl groups excluding tert-OH is 1. The fourth-order valence-electron chi connectivity index (χ4n) is 4.84. The summed E-state index contributed by atoms with van der Waals surface area (Å²) in [6.07, 6.45) is 4.96. The highest BCUT2D eigenvalue weighted by Crippen LogP contribution is 2.66. The number of hydrogen-bond acceptors (Lipinski definition) is 1. The Morgan fingerprint density at radius 3 is 2.44 bits per heavy atom. The van der Waals surface area contributed by atoms with Crippen LogP contribution in [0.1, 0.15) is 53.4 Å². The zero-order chi connectivity index (χ0) is 11.7. The molecule has 1 heteroatoms. The lowest BCUT2D eigenvalue weighted by molar-refractivity contribution is 0.0180. The van der Waals surface area contributed by atoms with Gasteiger partial charge in [-0.25, -0.2) is 0 Å². The predicted octanol–water partition coefficient (Wildman–Crippen LogP) is 3.53. The standard InChI is InChI=1S/C15H24O/c1-9-11-5-6-15(11,4)12-8-14(2,3)7-10(12)13(9)16/h10,12-13,16H,5-8H2,1-4H3/t10-,12+,13-,15+/m1/s1. The summed E-state index contributed by atoms with van der Waals surface area (Å²) in [6, 6.07) is 0. The van der Waals surface area contributed by atoms with Gasteiger partial charge in [-0.1, -0.05) is 26.3 Å². The lowest BCUT2D eigenvalue weighted by Crippen LogP contribution is -2.48. The topological polar surface area (TPSA) is 20.2 Å². The van der Waals surface area contributed by atoms with Crippen molar-refractivity contribution in [1.82, 2.24) is 0 Å². The number of rotatable bonds is 0. The molecule has 3 aliphatic rings. The Morgan fingerprint density at radius 1 is 1.19 bits per heavy atom. The lowest BCUT2D eigenvalue weighted by Gasteiger charge is -2.54. The minimum absolute atomic E-state index is 0.143. The molecule has 2 fully saturated rings. The van der Waals surface area contributed by atoms with Crippen molar-refractivity contribution in [2.45, 2.75) is 59.5 Å². The second kappa shape index (κ2) is 2.93. The normalized spacial score (nSPS) is 49.7. The molecule has 0 aromatic heterocycles. The van der Waals surface area contributed by atoms with Gasteiger partial charge in [0.25, 0.3) is 0 Å². The van der Waals surface area contributed by atoms with Crippen LogP contribution in [0.15, 0.2) is 11.1 Å². The third kappa shape index (κ3) is 1.16. The first kappa shape index (κ1) is 10.8. The van der Waals surface area contributed by atoms with Crippen LogP contribution in [0.25, 0.3) is 0 Å². The molecule has 0 spiro atoms. The van der Waals surface area contributed by atoms with Gasteiger partial charge in [0.1, 0.15) is 0 Å². The van der Waals surface area contributed by atoms with Gasteiger partial charge in [-0.15, -0.1) is 0 Å². The summed E-state index contributed by atoms with van der Waals surface area (Å²) < 4.78 is 0. The van der Waals surface area contributed by atoms with Crippen LogP contribution in [0, 0.1) is 22.7 Å². The molecule has 1 N–H and O–H groups in total. The second-order valence-electron chi connectivity index (χ2n) is 7.37. The quantitative estimate of drug-likeness (QED) is 0.619. The van der Waals surface area contributed by atoms with E-state index in [1.165, 1.54) is 31.3 Å². The van der Waals surface area contributed by atoms with Gasteiger partial charge in [0.05, 0.1) is 6.10 Å². The number of aliphatic hydroxyl groups is 1. The molecule has 0 aromatic carbocycles. The Balaban J connectivity index is 2.03. The molecule has 0 saturated heterocycles. The SMILES string of the molecule is CC1=C2CC[C@]2(C)[C@H]2CC(C)(C)C[C@H]2[C@@H]1O. The molecule has 3 rings (SSSR count). The van der Waals surface area contributed by atoms with Crippen LogP contribution in [0.4, 0.5) is 0 Å². The Kier molecular flexibility index (Phi) is 1.98. The van der Waals surface area contributed by atoms with Crippen LogP contribution < -0.4 is 0 Å². The smallest absolute Gasteiger partial charge is 0.0781 e. The summed E-state index contributed by atoms with van der Waals surface area (Å²) in [5.41, 5.74) is 3.79. The molecular formula is C15H24O. The molecular weight excluding hydrogens is 196 g/mol. The highest BCUT2D eigenvalue weighted by atomic mass is 16.3. The van der Waals surface area contributed by atoms with E-state index in [9.17, 15) is 5.11 Å². The van der Waals surface area contributed by atoms with Gasteiger partial charge in [0.2, 0.25) is 0 Å². The maximum atomic E-state index is 10.5. The summed E-state index contributed by atoms with van der Waals surface area (Å²) in [5.74, 6) is 1.27. The van der Waals surface area contributed by atoms with Crippen LogP contribution in [-0.2, 0) is 0 Å². The maximum absolute atomic E-state index is 10.5. The first-order chi connectivity index (χ1) is 7.35. The Bertz CT molecular complexity index is 366. The molecule has 4 atom stereocenters. The highest BCUT2D eigenvalue weighted by molar-refractivity contribution is 5.36. The van der Waals surface area contributed by atoms with Gasteiger partial charge >= 0.3 is 0 Å². The molecule has 2 saturated carbocycles. The average molecular weight is 220 g/mol. The Morgan fingerprint density at radius 2 is 1.88 bits per heavy atom. The molecule has 0 amide bonds. The molecule has 90 valence electrons. The first-order valence-electron chi connectivity index (χ1n) is 6.73. The molecule has 0 unspecified atom stereocenters. The Labute approximate surface area is 98.9 Å². The fourth-order valence-corrected chi connectivity index (χ4v) is 4.84. The van der Waals surface area contributed by atoms with E-state index in [1.54, 1.807) is 5.57 Å². The lowest BCUT2D eigenvalue weighted by atomic mass is 9.51. The summed E-state index contributed by atoms with van der Waals surface area (Å²) in [5, 5.41) is 10.5. The Hall–Kier alpha value is -0.300. The van der Waals surface area contributed by atoms with Crippen molar-refractivity contribution in [3.63, 3.8) is 0 Å². The van der Waals surface area contributed by atoms with E-state index in [-0.39, 0.29) is 6.10 Å². The predicted molar refractivity (Wildman–Crippen MR) is 66.0 cm³/mol. The minimum Gasteiger partial charge on any atom is -0.388 e. The van der Waals surface area contributed by atoms with Gasteiger partial charge in [0, 0.05) is 0 Å². The number of fused-ring (bicyclic) bond motifs is 3. The average Bonchev–Trinajstić information content (AvgIpc) is 2.49. The zero-order valence-electron chi connectivity index (χ0n) is 11.0. The van der Waals surface area contributed by atoms with E-state index < -0.39 is 0 Å². The third-order valence-corrected chi connectivity index (χ3v) is 5.80. The first-order valence-corrected chi connectivity index (χ1v) is 6.73. The summed E-state index contributed by atoms with van der Waals surface area (Å²) >= 11 is 0. The molecule has 1 nitrogen and oxygen atoms in total. The van der Waals surface area contributed by atoms with Crippen molar-refractivity contribution in [1.29, 1.82) is 0 Å². The second-order valence-corrected chi connectivity index (χ2v) is 7.37. The van der Waals surface area contributed by atoms with Crippen LogP contribution in [0.5, 0.6) is 0 Å². The molecule has 0 aliphatic heterocycles.